The van der Waals surface area contributed by atoms with E-state index in [1.807, 2.05) is 0 Å². The van der Waals surface area contributed by atoms with Gasteiger partial charge in [-0.3, -0.25) is 0 Å². The Hall–Kier alpha value is -1.18. The Labute approximate surface area is 79.9 Å². The van der Waals surface area contributed by atoms with E-state index in [1.54, 1.807) is 0 Å². The van der Waals surface area contributed by atoms with Crippen LogP contribution >= 0.6 is 0 Å². The van der Waals surface area contributed by atoms with Gasteiger partial charge in [0.1, 0.15) is 7.05 Å². The van der Waals surface area contributed by atoms with E-state index in [2.05, 4.69) is 49.3 Å². The molecule has 0 aromatic rings. The van der Waals surface area contributed by atoms with Crippen LogP contribution in [0.5, 0.6) is 0 Å². The predicted molar refractivity (Wildman–Crippen MR) is 54.3 cm³/mol. The van der Waals surface area contributed by atoms with Gasteiger partial charge < -0.3 is 9.48 Å². The molecule has 0 aromatic carbocycles. The van der Waals surface area contributed by atoms with Gasteiger partial charge in [0.15, 0.2) is 0 Å². The molecule has 0 spiro atoms. The van der Waals surface area contributed by atoms with Gasteiger partial charge in [-0.15, -0.1) is 0 Å². The van der Waals surface area contributed by atoms with Crippen LogP contribution in [-0.2, 0) is 0 Å². The summed E-state index contributed by atoms with van der Waals surface area (Å²) in [6.45, 7) is 4.30. The van der Waals surface area contributed by atoms with Crippen LogP contribution in [-0.4, -0.2) is 29.3 Å². The summed E-state index contributed by atoms with van der Waals surface area (Å²) in [5.41, 5.74) is 4.12. The van der Waals surface area contributed by atoms with Crippen molar-refractivity contribution in [3.8, 4) is 0 Å². The molecule has 0 saturated heterocycles. The molecule has 1 heterocycles. The highest BCUT2D eigenvalue weighted by atomic mass is 15.3. The zero-order valence-corrected chi connectivity index (χ0v) is 8.54. The monoisotopic (exact) mass is 176 g/mol. The Balaban J connectivity index is 2.47. The highest BCUT2D eigenvalue weighted by Gasteiger charge is 2.19. The van der Waals surface area contributed by atoms with E-state index in [-0.39, 0.29) is 0 Å². The van der Waals surface area contributed by atoms with E-state index in [9.17, 15) is 0 Å². The second-order valence-electron chi connectivity index (χ2n) is 3.71. The molecule has 0 aromatic heterocycles. The normalized spacial score (nSPS) is 21.9. The van der Waals surface area contributed by atoms with Crippen molar-refractivity contribution in [1.29, 1.82) is 0 Å². The van der Waals surface area contributed by atoms with E-state index in [0.29, 0.717) is 0 Å². The molecule has 70 valence electrons. The van der Waals surface area contributed by atoms with Gasteiger partial charge in [-0.2, -0.15) is 0 Å². The minimum Gasteiger partial charge on any atom is -0.378 e. The molecule has 1 aliphatic carbocycles. The summed E-state index contributed by atoms with van der Waals surface area (Å²) >= 11 is 0. The molecule has 0 bridgehead atoms. The summed E-state index contributed by atoms with van der Waals surface area (Å²) in [7, 11) is 4.20. The van der Waals surface area contributed by atoms with Crippen LogP contribution < -0.4 is 0 Å². The molecular weight excluding hydrogens is 160 g/mol. The van der Waals surface area contributed by atoms with E-state index in [4.69, 9.17) is 0 Å². The Morgan fingerprint density at radius 2 is 2.08 bits per heavy atom. The van der Waals surface area contributed by atoms with Crippen LogP contribution in [0.4, 0.5) is 0 Å². The lowest BCUT2D eigenvalue weighted by Gasteiger charge is -2.35. The summed E-state index contributed by atoms with van der Waals surface area (Å²) in [5, 5.41) is 0. The molecule has 0 atom stereocenters. The first kappa shape index (κ1) is 8.42. The minimum atomic E-state index is 1.17. The van der Waals surface area contributed by atoms with Gasteiger partial charge in [-0.25, -0.2) is 0 Å². The number of fused-ring (bicyclic) bond motifs is 1. The fourth-order valence-electron chi connectivity index (χ4n) is 1.93. The lowest BCUT2D eigenvalue weighted by Crippen LogP contribution is -2.34. The summed E-state index contributed by atoms with van der Waals surface area (Å²) in [4.78, 5) is 2.19. The molecule has 0 fully saturated rings. The summed E-state index contributed by atoms with van der Waals surface area (Å²) in [6.07, 6.45) is 7.01. The van der Waals surface area contributed by atoms with E-state index in [0.717, 1.165) is 0 Å². The van der Waals surface area contributed by atoms with Crippen LogP contribution in [0.2, 0.25) is 0 Å². The molecule has 1 aliphatic heterocycles. The third-order valence-corrected chi connectivity index (χ3v) is 2.77. The molecule has 0 radical (unpaired) electrons. The van der Waals surface area contributed by atoms with Gasteiger partial charge in [0.25, 0.3) is 0 Å². The third kappa shape index (κ3) is 1.26. The molecule has 0 saturated carbocycles. The average molecular weight is 176 g/mol. The molecule has 0 N–H and O–H groups in total. The quantitative estimate of drug-likeness (QED) is 0.402. The van der Waals surface area contributed by atoms with Gasteiger partial charge in [0.2, 0.25) is 0 Å². The van der Waals surface area contributed by atoms with Gasteiger partial charge in [-0.1, -0.05) is 12.2 Å². The molecule has 0 amide bonds. The molecule has 2 heteroatoms. The predicted octanol–water partition coefficient (Wildman–Crippen LogP) is 1.76. The maximum atomic E-state index is 2.34. The maximum Gasteiger partial charge on any atom is 0.106 e. The second kappa shape index (κ2) is 2.95. The molecule has 0 unspecified atom stereocenters. The highest BCUT2D eigenvalue weighted by molar-refractivity contribution is 5.99. The number of hydrogen-bond donors (Lipinski definition) is 0. The molecule has 13 heavy (non-hydrogen) atoms. The fourth-order valence-corrected chi connectivity index (χ4v) is 1.93. The van der Waals surface area contributed by atoms with Crippen molar-refractivity contribution in [1.82, 2.24) is 4.90 Å². The number of nitrogens with zero attached hydrogens (tertiary/aromatic N) is 2. The largest absolute Gasteiger partial charge is 0.378 e. The summed E-state index contributed by atoms with van der Waals surface area (Å²) in [6, 6.07) is 0. The van der Waals surface area contributed by atoms with E-state index in [1.165, 1.54) is 29.8 Å². The topological polar surface area (TPSA) is 6.25 Å². The van der Waals surface area contributed by atoms with Crippen molar-refractivity contribution in [2.45, 2.75) is 19.8 Å². The Morgan fingerprint density at radius 1 is 1.38 bits per heavy atom. The first-order chi connectivity index (χ1) is 6.20. The molecular formula is C11H16N2. The van der Waals surface area contributed by atoms with Gasteiger partial charge in [-0.05, 0) is 32.4 Å². The van der Waals surface area contributed by atoms with Crippen molar-refractivity contribution in [3.05, 3.63) is 30.1 Å². The first-order valence-electron chi connectivity index (χ1n) is 4.75. The summed E-state index contributed by atoms with van der Waals surface area (Å²) in [5.74, 6) is 0. The van der Waals surface area contributed by atoms with Crippen LogP contribution in [0.15, 0.2) is 23.4 Å². The number of rotatable bonds is 0. The maximum absolute atomic E-state index is 2.34. The van der Waals surface area contributed by atoms with Crippen molar-refractivity contribution >= 4 is 5.71 Å². The van der Waals surface area contributed by atoms with Crippen molar-refractivity contribution < 1.29 is 4.58 Å². The fraction of sp³-hybridized carbons (Fsp3) is 0.455. The van der Waals surface area contributed by atoms with E-state index < -0.39 is 0 Å². The SMILES string of the molecule is CC1=[N+](C)[CH-]N(C)C2=CCCC=C21. The number of allylic oxidation sites excluding steroid dienone is 3. The molecule has 2 aliphatic rings. The second-order valence-corrected chi connectivity index (χ2v) is 3.71. The summed E-state index contributed by atoms with van der Waals surface area (Å²) < 4.78 is 2.18. The van der Waals surface area contributed by atoms with E-state index >= 15 is 0 Å². The Kier molecular flexibility index (Phi) is 1.91. The average Bonchev–Trinajstić information content (AvgIpc) is 2.15. The lowest BCUT2D eigenvalue weighted by atomic mass is 9.97. The number of likely N-dealkylation sites (N-methyl/N-ethyl adjacent to an activating group) is 1. The van der Waals surface area contributed by atoms with Crippen molar-refractivity contribution in [2.24, 2.45) is 0 Å². The molecule has 2 nitrogen and oxygen atoms in total. The zero-order valence-electron chi connectivity index (χ0n) is 8.54. The van der Waals surface area contributed by atoms with Crippen molar-refractivity contribution in [3.63, 3.8) is 0 Å². The van der Waals surface area contributed by atoms with Crippen LogP contribution in [0.1, 0.15) is 19.8 Å². The minimum absolute atomic E-state index is 1.17. The first-order valence-corrected chi connectivity index (χ1v) is 4.75. The Morgan fingerprint density at radius 3 is 2.85 bits per heavy atom. The van der Waals surface area contributed by atoms with Gasteiger partial charge in [0, 0.05) is 11.4 Å². The standard InChI is InChI=1S/C11H16N2/c1-9-10-6-4-5-7-11(10)13(3)8-12(9)2/h6-8H,4-5H2,1-3H3. The van der Waals surface area contributed by atoms with Crippen molar-refractivity contribution in [2.75, 3.05) is 14.1 Å². The van der Waals surface area contributed by atoms with Gasteiger partial charge >= 0.3 is 0 Å². The smallest absolute Gasteiger partial charge is 0.106 e. The van der Waals surface area contributed by atoms with Gasteiger partial charge in [0.05, 0.1) is 6.67 Å². The number of hydrogen-bond acceptors (Lipinski definition) is 1. The lowest BCUT2D eigenvalue weighted by molar-refractivity contribution is -0.474. The van der Waals surface area contributed by atoms with Crippen LogP contribution in [0.25, 0.3) is 0 Å². The Bertz CT molecular complexity index is 321. The molecule has 2 rings (SSSR count). The highest BCUT2D eigenvalue weighted by Crippen LogP contribution is 2.26. The zero-order chi connectivity index (χ0) is 9.42. The van der Waals surface area contributed by atoms with Crippen LogP contribution in [0.3, 0.4) is 0 Å². The van der Waals surface area contributed by atoms with Crippen LogP contribution in [0, 0.1) is 6.67 Å². The third-order valence-electron chi connectivity index (χ3n) is 2.77.